The van der Waals surface area contributed by atoms with E-state index in [0.717, 1.165) is 0 Å². The molecule has 0 radical (unpaired) electrons. The Morgan fingerprint density at radius 3 is 2.27 bits per heavy atom. The molecule has 0 fully saturated rings. The van der Waals surface area contributed by atoms with Crippen molar-refractivity contribution in [2.24, 2.45) is 0 Å². The Hall–Kier alpha value is -1.04. The van der Waals surface area contributed by atoms with E-state index >= 15 is 0 Å². The van der Waals surface area contributed by atoms with Crippen molar-refractivity contribution in [2.45, 2.75) is 20.8 Å². The van der Waals surface area contributed by atoms with Gasteiger partial charge in [0.15, 0.2) is 0 Å². The maximum Gasteiger partial charge on any atom is -0.0234 e. The molecular formula is C11H16. The maximum atomic E-state index is 3.66. The van der Waals surface area contributed by atoms with Crippen molar-refractivity contribution < 1.29 is 0 Å². The Morgan fingerprint density at radius 2 is 1.91 bits per heavy atom. The first kappa shape index (κ1) is 9.96. The lowest BCUT2D eigenvalue weighted by molar-refractivity contribution is 1.39. The fourth-order valence-electron chi connectivity index (χ4n) is 0.792. The second-order valence-corrected chi connectivity index (χ2v) is 2.33. The molecule has 0 saturated heterocycles. The highest BCUT2D eigenvalue weighted by atomic mass is 14.0. The van der Waals surface area contributed by atoms with Crippen LogP contribution in [0.4, 0.5) is 0 Å². The van der Waals surface area contributed by atoms with Crippen LogP contribution in [0.2, 0.25) is 0 Å². The Bertz CT molecular complexity index is 202. The SMILES string of the molecule is C=C/C=C(\C=C/C)C(/C)=C/C. The quantitative estimate of drug-likeness (QED) is 0.536. The van der Waals surface area contributed by atoms with Gasteiger partial charge in [0.1, 0.15) is 0 Å². The molecule has 0 aromatic carbocycles. The van der Waals surface area contributed by atoms with Crippen LogP contribution >= 0.6 is 0 Å². The second-order valence-electron chi connectivity index (χ2n) is 2.33. The molecule has 0 spiro atoms. The van der Waals surface area contributed by atoms with Crippen LogP contribution in [0.3, 0.4) is 0 Å². The molecule has 0 aliphatic rings. The molecule has 11 heavy (non-hydrogen) atoms. The third-order valence-corrected chi connectivity index (χ3v) is 1.53. The lowest BCUT2D eigenvalue weighted by atomic mass is 10.1. The number of rotatable bonds is 3. The first-order valence-electron chi connectivity index (χ1n) is 3.85. The van der Waals surface area contributed by atoms with Crippen molar-refractivity contribution in [1.82, 2.24) is 0 Å². The van der Waals surface area contributed by atoms with E-state index in [-0.39, 0.29) is 0 Å². The van der Waals surface area contributed by atoms with Gasteiger partial charge in [-0.2, -0.15) is 0 Å². The zero-order valence-electron chi connectivity index (χ0n) is 7.59. The van der Waals surface area contributed by atoms with Crippen LogP contribution in [-0.2, 0) is 0 Å². The average molecular weight is 148 g/mol. The predicted molar refractivity (Wildman–Crippen MR) is 52.5 cm³/mol. The minimum Gasteiger partial charge on any atom is -0.0990 e. The first-order chi connectivity index (χ1) is 5.26. The van der Waals surface area contributed by atoms with Gasteiger partial charge in [-0.05, 0) is 31.9 Å². The average Bonchev–Trinajstić information content (AvgIpc) is 2.03. The maximum absolute atomic E-state index is 3.66. The third kappa shape index (κ3) is 3.61. The van der Waals surface area contributed by atoms with Gasteiger partial charge in [-0.3, -0.25) is 0 Å². The predicted octanol–water partition coefficient (Wildman–Crippen LogP) is 3.64. The summed E-state index contributed by atoms with van der Waals surface area (Å²) >= 11 is 0. The molecular weight excluding hydrogens is 132 g/mol. The molecule has 0 nitrogen and oxygen atoms in total. The van der Waals surface area contributed by atoms with Crippen molar-refractivity contribution in [1.29, 1.82) is 0 Å². The summed E-state index contributed by atoms with van der Waals surface area (Å²) in [4.78, 5) is 0. The van der Waals surface area contributed by atoms with Gasteiger partial charge in [0.25, 0.3) is 0 Å². The standard InChI is InChI=1S/C11H16/c1-5-8-11(9-6-2)10(4)7-3/h5-9H,1H2,2-4H3/b9-6-,10-7+,11-8+. The highest BCUT2D eigenvalue weighted by Gasteiger charge is 1.90. The molecule has 0 aliphatic heterocycles. The lowest BCUT2D eigenvalue weighted by Gasteiger charge is -1.98. The van der Waals surface area contributed by atoms with Crippen molar-refractivity contribution in [3.8, 4) is 0 Å². The highest BCUT2D eigenvalue weighted by Crippen LogP contribution is 2.10. The monoisotopic (exact) mass is 148 g/mol. The fourth-order valence-corrected chi connectivity index (χ4v) is 0.792. The number of hydrogen-bond acceptors (Lipinski definition) is 0. The Balaban J connectivity index is 4.61. The summed E-state index contributed by atoms with van der Waals surface area (Å²) in [6.07, 6.45) is 10.0. The van der Waals surface area contributed by atoms with E-state index in [1.54, 1.807) is 0 Å². The van der Waals surface area contributed by atoms with E-state index in [0.29, 0.717) is 0 Å². The van der Waals surface area contributed by atoms with Crippen LogP contribution in [0, 0.1) is 0 Å². The van der Waals surface area contributed by atoms with Gasteiger partial charge in [0.05, 0.1) is 0 Å². The lowest BCUT2D eigenvalue weighted by Crippen LogP contribution is -1.78. The highest BCUT2D eigenvalue weighted by molar-refractivity contribution is 5.39. The zero-order valence-corrected chi connectivity index (χ0v) is 7.59. The Kier molecular flexibility index (Phi) is 5.18. The summed E-state index contributed by atoms with van der Waals surface area (Å²) in [5.41, 5.74) is 2.51. The van der Waals surface area contributed by atoms with E-state index in [1.807, 2.05) is 32.1 Å². The fraction of sp³-hybridized carbons (Fsp3) is 0.273. The van der Waals surface area contributed by atoms with E-state index in [2.05, 4.69) is 25.7 Å². The summed E-state index contributed by atoms with van der Waals surface area (Å²) in [7, 11) is 0. The van der Waals surface area contributed by atoms with E-state index < -0.39 is 0 Å². The molecule has 0 rings (SSSR count). The van der Waals surface area contributed by atoms with Gasteiger partial charge in [0.2, 0.25) is 0 Å². The molecule has 0 atom stereocenters. The molecule has 0 heterocycles. The molecule has 0 aliphatic carbocycles. The van der Waals surface area contributed by atoms with Crippen LogP contribution in [0.25, 0.3) is 0 Å². The van der Waals surface area contributed by atoms with Gasteiger partial charge in [-0.1, -0.05) is 37.0 Å². The molecule has 0 aromatic heterocycles. The number of hydrogen-bond donors (Lipinski definition) is 0. The summed E-state index contributed by atoms with van der Waals surface area (Å²) < 4.78 is 0. The van der Waals surface area contributed by atoms with Crippen LogP contribution in [0.5, 0.6) is 0 Å². The van der Waals surface area contributed by atoms with Gasteiger partial charge in [0, 0.05) is 0 Å². The molecule has 0 amide bonds. The second kappa shape index (κ2) is 5.72. The van der Waals surface area contributed by atoms with Crippen LogP contribution in [-0.4, -0.2) is 0 Å². The van der Waals surface area contributed by atoms with E-state index in [1.165, 1.54) is 11.1 Å². The largest absolute Gasteiger partial charge is 0.0990 e. The molecule has 0 bridgehead atoms. The zero-order chi connectivity index (χ0) is 8.69. The van der Waals surface area contributed by atoms with Crippen LogP contribution in [0.1, 0.15) is 20.8 Å². The van der Waals surface area contributed by atoms with Crippen LogP contribution in [0.15, 0.2) is 48.1 Å². The van der Waals surface area contributed by atoms with Gasteiger partial charge in [-0.15, -0.1) is 0 Å². The smallest absolute Gasteiger partial charge is 0.0234 e. The summed E-state index contributed by atoms with van der Waals surface area (Å²) in [6, 6.07) is 0. The van der Waals surface area contributed by atoms with Gasteiger partial charge in [-0.25, -0.2) is 0 Å². The Morgan fingerprint density at radius 1 is 1.27 bits per heavy atom. The first-order valence-corrected chi connectivity index (χ1v) is 3.85. The summed E-state index contributed by atoms with van der Waals surface area (Å²) in [6.45, 7) is 9.81. The molecule has 0 heteroatoms. The Labute approximate surface area is 69.6 Å². The van der Waals surface area contributed by atoms with Crippen molar-refractivity contribution in [2.75, 3.05) is 0 Å². The topological polar surface area (TPSA) is 0 Å². The summed E-state index contributed by atoms with van der Waals surface area (Å²) in [5.74, 6) is 0. The van der Waals surface area contributed by atoms with Gasteiger partial charge >= 0.3 is 0 Å². The molecule has 0 aromatic rings. The molecule has 0 N–H and O–H groups in total. The van der Waals surface area contributed by atoms with Gasteiger partial charge < -0.3 is 0 Å². The van der Waals surface area contributed by atoms with Crippen molar-refractivity contribution in [3.05, 3.63) is 48.1 Å². The van der Waals surface area contributed by atoms with Crippen molar-refractivity contribution in [3.63, 3.8) is 0 Å². The molecule has 0 unspecified atom stereocenters. The molecule has 60 valence electrons. The third-order valence-electron chi connectivity index (χ3n) is 1.53. The van der Waals surface area contributed by atoms with E-state index in [9.17, 15) is 0 Å². The normalized spacial score (nSPS) is 14.1. The minimum atomic E-state index is 1.23. The van der Waals surface area contributed by atoms with Crippen LogP contribution < -0.4 is 0 Å². The molecule has 0 saturated carbocycles. The summed E-state index contributed by atoms with van der Waals surface area (Å²) in [5, 5.41) is 0. The van der Waals surface area contributed by atoms with E-state index in [4.69, 9.17) is 0 Å². The minimum absolute atomic E-state index is 1.23. The number of allylic oxidation sites excluding steroid dienone is 7. The van der Waals surface area contributed by atoms with Crippen molar-refractivity contribution >= 4 is 0 Å².